The number of hydrogen-bond donors (Lipinski definition) is 2. The van der Waals surface area contributed by atoms with Crippen LogP contribution in [0.2, 0.25) is 5.02 Å². The van der Waals surface area contributed by atoms with Gasteiger partial charge in [0.25, 0.3) is 5.91 Å². The van der Waals surface area contributed by atoms with Crippen LogP contribution in [0.1, 0.15) is 20.2 Å². The summed E-state index contributed by atoms with van der Waals surface area (Å²) in [6.45, 7) is 0.307. The molecule has 0 unspecified atom stereocenters. The number of amides is 1. The molecule has 0 radical (unpaired) electrons. The summed E-state index contributed by atoms with van der Waals surface area (Å²) in [5.74, 6) is -0.311. The third-order valence-corrected chi connectivity index (χ3v) is 7.04. The zero-order valence-electron chi connectivity index (χ0n) is 17.3. The Bertz CT molecular complexity index is 1290. The summed E-state index contributed by atoms with van der Waals surface area (Å²) in [5.41, 5.74) is 2.69. The van der Waals surface area contributed by atoms with Crippen molar-refractivity contribution in [3.63, 3.8) is 0 Å². The molecule has 4 aromatic rings. The Labute approximate surface area is 200 Å². The lowest BCUT2D eigenvalue weighted by Crippen LogP contribution is -2.30. The van der Waals surface area contributed by atoms with Gasteiger partial charge in [0.05, 0.1) is 12.2 Å². The van der Waals surface area contributed by atoms with Crippen LogP contribution in [-0.2, 0) is 17.3 Å². The second-order valence-corrected chi connectivity index (χ2v) is 10.5. The molecule has 9 heteroatoms. The van der Waals surface area contributed by atoms with Gasteiger partial charge in [-0.25, -0.2) is 4.98 Å². The predicted octanol–water partition coefficient (Wildman–Crippen LogP) is 5.99. The maximum Gasteiger partial charge on any atom is 0.332 e. The van der Waals surface area contributed by atoms with Gasteiger partial charge in [-0.15, -0.1) is 11.3 Å². The summed E-state index contributed by atoms with van der Waals surface area (Å²) in [6, 6.07) is 25.7. The van der Waals surface area contributed by atoms with Crippen LogP contribution >= 0.6 is 30.5 Å². The van der Waals surface area contributed by atoms with Crippen LogP contribution in [0, 0.1) is 0 Å². The number of anilines is 1. The Kier molecular flexibility index (Phi) is 7.08. The molecule has 33 heavy (non-hydrogen) atoms. The lowest BCUT2D eigenvalue weighted by Gasteiger charge is -2.23. The molecular formula is C24H20ClN2O4PS. The minimum absolute atomic E-state index is 0.210. The second kappa shape index (κ2) is 10.00. The highest BCUT2D eigenvalue weighted by Crippen LogP contribution is 2.42. The Morgan fingerprint density at radius 2 is 1.55 bits per heavy atom. The Hall–Kier alpha value is -2.80. The number of thiazole rings is 1. The van der Waals surface area contributed by atoms with Gasteiger partial charge in [0, 0.05) is 16.3 Å². The van der Waals surface area contributed by atoms with Crippen molar-refractivity contribution in [3.8, 4) is 11.3 Å². The summed E-state index contributed by atoms with van der Waals surface area (Å²) in [5, 5.41) is 0.763. The van der Waals surface area contributed by atoms with E-state index < -0.39 is 13.8 Å². The van der Waals surface area contributed by atoms with Crippen molar-refractivity contribution in [3.05, 3.63) is 105 Å². The summed E-state index contributed by atoms with van der Waals surface area (Å²) in [4.78, 5) is 39.2. The van der Waals surface area contributed by atoms with E-state index in [1.54, 1.807) is 29.2 Å². The Morgan fingerprint density at radius 1 is 0.939 bits per heavy atom. The van der Waals surface area contributed by atoms with Crippen LogP contribution in [0.4, 0.5) is 5.69 Å². The predicted molar refractivity (Wildman–Crippen MR) is 132 cm³/mol. The van der Waals surface area contributed by atoms with Gasteiger partial charge < -0.3 is 14.7 Å². The molecule has 0 atom stereocenters. The monoisotopic (exact) mass is 498 g/mol. The number of halogens is 1. The van der Waals surface area contributed by atoms with Crippen molar-refractivity contribution in [2.75, 3.05) is 4.90 Å². The molecule has 1 heterocycles. The van der Waals surface area contributed by atoms with Crippen LogP contribution in [0.3, 0.4) is 0 Å². The molecule has 1 aromatic heterocycles. The number of aromatic nitrogens is 1. The molecule has 0 bridgehead atoms. The van der Waals surface area contributed by atoms with Crippen LogP contribution in [0.25, 0.3) is 11.3 Å². The summed E-state index contributed by atoms with van der Waals surface area (Å²) >= 11 is 7.06. The molecule has 0 aliphatic carbocycles. The van der Waals surface area contributed by atoms with Crippen molar-refractivity contribution in [2.45, 2.75) is 12.7 Å². The first kappa shape index (κ1) is 23.4. The molecule has 3 aromatic carbocycles. The van der Waals surface area contributed by atoms with E-state index in [1.807, 2.05) is 60.7 Å². The normalized spacial score (nSPS) is 11.4. The van der Waals surface area contributed by atoms with Crippen LogP contribution in [0.15, 0.2) is 84.9 Å². The number of hydrogen-bond acceptors (Lipinski definition) is 4. The van der Waals surface area contributed by atoms with E-state index in [0.717, 1.165) is 16.9 Å². The lowest BCUT2D eigenvalue weighted by atomic mass is 10.1. The molecule has 6 nitrogen and oxygen atoms in total. The summed E-state index contributed by atoms with van der Waals surface area (Å²) in [7, 11) is -4.35. The van der Waals surface area contributed by atoms with Gasteiger partial charge in [-0.05, 0) is 29.8 Å². The van der Waals surface area contributed by atoms with Crippen molar-refractivity contribution >= 4 is 42.1 Å². The SMILES string of the molecule is O=C(c1sc(CP(=O)(O)O)nc1-c1ccccc1)N(Cc1ccccc1)c1ccc(Cl)cc1. The smallest absolute Gasteiger partial charge is 0.324 e. The van der Waals surface area contributed by atoms with E-state index in [4.69, 9.17) is 11.6 Å². The third-order valence-electron chi connectivity index (χ3n) is 4.82. The molecular weight excluding hydrogens is 479 g/mol. The van der Waals surface area contributed by atoms with Gasteiger partial charge in [0.1, 0.15) is 16.0 Å². The molecule has 0 saturated carbocycles. The fourth-order valence-electron chi connectivity index (χ4n) is 3.33. The van der Waals surface area contributed by atoms with Crippen LogP contribution < -0.4 is 4.90 Å². The lowest BCUT2D eigenvalue weighted by molar-refractivity contribution is 0.0989. The van der Waals surface area contributed by atoms with E-state index in [9.17, 15) is 19.1 Å². The van der Waals surface area contributed by atoms with Gasteiger partial charge in [0.15, 0.2) is 0 Å². The first-order valence-corrected chi connectivity index (χ1v) is 13.0. The van der Waals surface area contributed by atoms with E-state index in [1.165, 1.54) is 0 Å². The van der Waals surface area contributed by atoms with Gasteiger partial charge in [-0.3, -0.25) is 9.36 Å². The molecule has 0 spiro atoms. The fourth-order valence-corrected chi connectivity index (χ4v) is 5.48. The van der Waals surface area contributed by atoms with E-state index in [-0.39, 0.29) is 10.9 Å². The third kappa shape index (κ3) is 5.96. The Morgan fingerprint density at radius 3 is 2.15 bits per heavy atom. The van der Waals surface area contributed by atoms with Gasteiger partial charge in [-0.1, -0.05) is 72.3 Å². The maximum atomic E-state index is 13.9. The topological polar surface area (TPSA) is 90.7 Å². The van der Waals surface area contributed by atoms with Gasteiger partial charge in [0.2, 0.25) is 0 Å². The van der Waals surface area contributed by atoms with Crippen LogP contribution in [-0.4, -0.2) is 20.7 Å². The van der Waals surface area contributed by atoms with E-state index in [2.05, 4.69) is 4.98 Å². The number of carbonyl (C=O) groups is 1. The highest BCUT2D eigenvalue weighted by molar-refractivity contribution is 7.51. The standard InChI is InChI=1S/C24H20ClN2O4PS/c25-19-11-13-20(14-12-19)27(15-17-7-3-1-4-8-17)24(28)23-22(18-9-5-2-6-10-18)26-21(33-23)16-32(29,30)31/h1-14H,15-16H2,(H2,29,30,31). The first-order chi connectivity index (χ1) is 15.8. The quantitative estimate of drug-likeness (QED) is 0.305. The molecule has 2 N–H and O–H groups in total. The fraction of sp³-hybridized carbons (Fsp3) is 0.0833. The number of benzene rings is 3. The van der Waals surface area contributed by atoms with E-state index >= 15 is 0 Å². The molecule has 1 amide bonds. The van der Waals surface area contributed by atoms with Gasteiger partial charge in [-0.2, -0.15) is 0 Å². The van der Waals surface area contributed by atoms with Crippen molar-refractivity contribution in [1.29, 1.82) is 0 Å². The molecule has 0 aliphatic heterocycles. The molecule has 168 valence electrons. The molecule has 0 saturated heterocycles. The van der Waals surface area contributed by atoms with Crippen LogP contribution in [0.5, 0.6) is 0 Å². The minimum Gasteiger partial charge on any atom is -0.324 e. The molecule has 4 rings (SSSR count). The average Bonchev–Trinajstić information content (AvgIpc) is 3.21. The summed E-state index contributed by atoms with van der Waals surface area (Å²) in [6.07, 6.45) is -0.523. The summed E-state index contributed by atoms with van der Waals surface area (Å²) < 4.78 is 11.6. The maximum absolute atomic E-state index is 13.9. The minimum atomic E-state index is -4.35. The average molecular weight is 499 g/mol. The zero-order chi connectivity index (χ0) is 23.4. The van der Waals surface area contributed by atoms with Crippen molar-refractivity contribution in [1.82, 2.24) is 4.98 Å². The molecule has 0 aliphatic rings. The number of carbonyl (C=O) groups excluding carboxylic acids is 1. The van der Waals surface area contributed by atoms with Crippen molar-refractivity contribution < 1.29 is 19.1 Å². The second-order valence-electron chi connectivity index (χ2n) is 7.33. The highest BCUT2D eigenvalue weighted by atomic mass is 35.5. The first-order valence-electron chi connectivity index (χ1n) is 10.0. The van der Waals surface area contributed by atoms with Crippen molar-refractivity contribution in [2.24, 2.45) is 0 Å². The molecule has 0 fully saturated rings. The van der Waals surface area contributed by atoms with Gasteiger partial charge >= 0.3 is 7.60 Å². The zero-order valence-corrected chi connectivity index (χ0v) is 19.8. The largest absolute Gasteiger partial charge is 0.332 e. The Balaban J connectivity index is 1.80. The van der Waals surface area contributed by atoms with E-state index in [0.29, 0.717) is 33.4 Å². The number of nitrogens with zero attached hydrogens (tertiary/aromatic N) is 2. The number of rotatable bonds is 7. The highest BCUT2D eigenvalue weighted by Gasteiger charge is 2.27.